The van der Waals surface area contributed by atoms with Gasteiger partial charge in [0.2, 0.25) is 0 Å². The first-order valence-corrected chi connectivity index (χ1v) is 6.30. The van der Waals surface area contributed by atoms with E-state index in [-0.39, 0.29) is 12.1 Å². The monoisotopic (exact) mass is 299 g/mol. The Morgan fingerprint density at radius 3 is 2.14 bits per heavy atom. The van der Waals surface area contributed by atoms with Gasteiger partial charge in [-0.1, -0.05) is 0 Å². The largest absolute Gasteiger partial charge is 0.496 e. The van der Waals surface area contributed by atoms with E-state index in [1.165, 1.54) is 40.4 Å². The minimum Gasteiger partial charge on any atom is -0.496 e. The van der Waals surface area contributed by atoms with Gasteiger partial charge in [-0.05, 0) is 6.92 Å². The quantitative estimate of drug-likeness (QED) is 0.665. The lowest BCUT2D eigenvalue weighted by Crippen LogP contribution is -2.43. The third-order valence-electron chi connectivity index (χ3n) is 2.92. The van der Waals surface area contributed by atoms with Gasteiger partial charge in [0.15, 0.2) is 11.5 Å². The van der Waals surface area contributed by atoms with Crippen LogP contribution in [0.25, 0.3) is 0 Å². The van der Waals surface area contributed by atoms with Crippen LogP contribution in [0.3, 0.4) is 0 Å². The molecule has 1 amide bonds. The van der Waals surface area contributed by atoms with Gasteiger partial charge in [0.05, 0.1) is 33.5 Å². The Bertz CT molecular complexity index is 500. The molecule has 0 aliphatic rings. The second-order valence-electron chi connectivity index (χ2n) is 4.75. The number of rotatable bonds is 7. The zero-order chi connectivity index (χ0) is 16.0. The van der Waals surface area contributed by atoms with E-state index >= 15 is 0 Å². The van der Waals surface area contributed by atoms with Crippen LogP contribution in [0.1, 0.15) is 17.3 Å². The highest BCUT2D eigenvalue weighted by molar-refractivity contribution is 5.97. The number of nitrogens with one attached hydrogen (secondary N) is 1. The SMILES string of the molecule is COc1cc(OC)c(C(=O)NCC(C)(O)CO)cc1OC. The molecule has 1 unspecified atom stereocenters. The van der Waals surface area contributed by atoms with Crippen molar-refractivity contribution in [2.24, 2.45) is 0 Å². The van der Waals surface area contributed by atoms with Gasteiger partial charge >= 0.3 is 0 Å². The lowest BCUT2D eigenvalue weighted by Gasteiger charge is -2.21. The van der Waals surface area contributed by atoms with Gasteiger partial charge in [-0.3, -0.25) is 4.79 Å². The summed E-state index contributed by atoms with van der Waals surface area (Å²) in [6, 6.07) is 3.03. The average molecular weight is 299 g/mol. The van der Waals surface area contributed by atoms with Gasteiger partial charge < -0.3 is 29.7 Å². The summed E-state index contributed by atoms with van der Waals surface area (Å²) in [5.74, 6) is 0.681. The van der Waals surface area contributed by atoms with Gasteiger partial charge in [-0.2, -0.15) is 0 Å². The molecule has 1 atom stereocenters. The van der Waals surface area contributed by atoms with Crippen LogP contribution in [0.15, 0.2) is 12.1 Å². The first-order chi connectivity index (χ1) is 9.88. The van der Waals surface area contributed by atoms with Crippen molar-refractivity contribution in [3.8, 4) is 17.2 Å². The normalized spacial score (nSPS) is 13.2. The molecule has 1 rings (SSSR count). The second kappa shape index (κ2) is 7.14. The van der Waals surface area contributed by atoms with Crippen LogP contribution in [0.4, 0.5) is 0 Å². The highest BCUT2D eigenvalue weighted by Crippen LogP contribution is 2.34. The standard InChI is InChI=1S/C14H21NO6/c1-14(18,8-16)7-15-13(17)9-5-11(20-3)12(21-4)6-10(9)19-2/h5-6,16,18H,7-8H2,1-4H3,(H,15,17). The molecule has 0 saturated carbocycles. The number of carbonyl (C=O) groups is 1. The second-order valence-corrected chi connectivity index (χ2v) is 4.75. The van der Waals surface area contributed by atoms with E-state index < -0.39 is 18.1 Å². The zero-order valence-electron chi connectivity index (χ0n) is 12.6. The van der Waals surface area contributed by atoms with Gasteiger partial charge in [0.1, 0.15) is 11.4 Å². The molecule has 0 aliphatic heterocycles. The lowest BCUT2D eigenvalue weighted by molar-refractivity contribution is 0.00318. The number of carbonyl (C=O) groups excluding carboxylic acids is 1. The summed E-state index contributed by atoms with van der Waals surface area (Å²) in [6.07, 6.45) is 0. The maximum atomic E-state index is 12.2. The van der Waals surface area contributed by atoms with E-state index in [9.17, 15) is 9.90 Å². The first kappa shape index (κ1) is 17.1. The van der Waals surface area contributed by atoms with E-state index in [4.69, 9.17) is 19.3 Å². The number of hydrogen-bond acceptors (Lipinski definition) is 6. The van der Waals surface area contributed by atoms with Crippen LogP contribution in [-0.4, -0.2) is 56.2 Å². The third kappa shape index (κ3) is 4.24. The molecule has 21 heavy (non-hydrogen) atoms. The van der Waals surface area contributed by atoms with Gasteiger partial charge in [-0.25, -0.2) is 0 Å². The van der Waals surface area contributed by atoms with Crippen LogP contribution in [-0.2, 0) is 0 Å². The Morgan fingerprint density at radius 2 is 1.67 bits per heavy atom. The van der Waals surface area contributed by atoms with Crippen LogP contribution in [0.5, 0.6) is 17.2 Å². The van der Waals surface area contributed by atoms with E-state index in [0.717, 1.165) is 0 Å². The Labute approximate surface area is 123 Å². The zero-order valence-corrected chi connectivity index (χ0v) is 12.6. The maximum absolute atomic E-state index is 12.2. The fraction of sp³-hybridized carbons (Fsp3) is 0.500. The van der Waals surface area contributed by atoms with Crippen molar-refractivity contribution in [1.82, 2.24) is 5.32 Å². The smallest absolute Gasteiger partial charge is 0.255 e. The lowest BCUT2D eigenvalue weighted by atomic mass is 10.1. The summed E-state index contributed by atoms with van der Waals surface area (Å²) in [5.41, 5.74) is -1.15. The predicted octanol–water partition coefficient (Wildman–Crippen LogP) is 0.186. The molecule has 0 aromatic heterocycles. The number of aliphatic hydroxyl groups is 2. The molecular formula is C14H21NO6. The molecule has 0 heterocycles. The minimum atomic E-state index is -1.39. The van der Waals surface area contributed by atoms with Crippen molar-refractivity contribution in [3.63, 3.8) is 0 Å². The van der Waals surface area contributed by atoms with Crippen LogP contribution < -0.4 is 19.5 Å². The van der Waals surface area contributed by atoms with E-state index in [0.29, 0.717) is 17.2 Å². The molecule has 0 bridgehead atoms. The molecule has 0 aliphatic carbocycles. The number of amides is 1. The van der Waals surface area contributed by atoms with Crippen molar-refractivity contribution in [2.45, 2.75) is 12.5 Å². The fourth-order valence-corrected chi connectivity index (χ4v) is 1.63. The Balaban J connectivity index is 3.02. The Hall–Kier alpha value is -1.99. The summed E-state index contributed by atoms with van der Waals surface area (Å²) in [4.78, 5) is 12.2. The van der Waals surface area contributed by atoms with Crippen molar-refractivity contribution >= 4 is 5.91 Å². The fourth-order valence-electron chi connectivity index (χ4n) is 1.63. The molecule has 7 heteroatoms. The van der Waals surface area contributed by atoms with Crippen molar-refractivity contribution in [3.05, 3.63) is 17.7 Å². The number of hydrogen-bond donors (Lipinski definition) is 3. The highest BCUT2D eigenvalue weighted by atomic mass is 16.5. The van der Waals surface area contributed by atoms with Crippen molar-refractivity contribution < 1.29 is 29.2 Å². The Kier molecular flexibility index (Phi) is 5.80. The van der Waals surface area contributed by atoms with E-state index in [1.54, 1.807) is 0 Å². The molecular weight excluding hydrogens is 278 g/mol. The number of aliphatic hydroxyl groups excluding tert-OH is 1. The van der Waals surface area contributed by atoms with Crippen LogP contribution >= 0.6 is 0 Å². The molecule has 0 fully saturated rings. The number of methoxy groups -OCH3 is 3. The highest BCUT2D eigenvalue weighted by Gasteiger charge is 2.22. The van der Waals surface area contributed by atoms with Crippen molar-refractivity contribution in [1.29, 1.82) is 0 Å². The molecule has 118 valence electrons. The van der Waals surface area contributed by atoms with E-state index in [2.05, 4.69) is 5.32 Å². The molecule has 0 spiro atoms. The van der Waals surface area contributed by atoms with Gasteiger partial charge in [-0.15, -0.1) is 0 Å². The summed E-state index contributed by atoms with van der Waals surface area (Å²) < 4.78 is 15.4. The average Bonchev–Trinajstić information content (AvgIpc) is 2.51. The predicted molar refractivity (Wildman–Crippen MR) is 76.1 cm³/mol. The minimum absolute atomic E-state index is 0.0974. The van der Waals surface area contributed by atoms with E-state index in [1.807, 2.05) is 0 Å². The van der Waals surface area contributed by atoms with Crippen molar-refractivity contribution in [2.75, 3.05) is 34.5 Å². The van der Waals surface area contributed by atoms with Gasteiger partial charge in [0, 0.05) is 18.7 Å². The summed E-state index contributed by atoms with van der Waals surface area (Å²) in [6.45, 7) is 0.856. The topological polar surface area (TPSA) is 97.3 Å². The molecule has 0 radical (unpaired) electrons. The molecule has 0 saturated heterocycles. The summed E-state index contributed by atoms with van der Waals surface area (Å²) in [5, 5.41) is 21.2. The summed E-state index contributed by atoms with van der Waals surface area (Å²) >= 11 is 0. The van der Waals surface area contributed by atoms with Gasteiger partial charge in [0.25, 0.3) is 5.91 Å². The van der Waals surface area contributed by atoms with Crippen LogP contribution in [0.2, 0.25) is 0 Å². The maximum Gasteiger partial charge on any atom is 0.255 e. The number of benzene rings is 1. The molecule has 3 N–H and O–H groups in total. The Morgan fingerprint density at radius 1 is 1.14 bits per heavy atom. The summed E-state index contributed by atoms with van der Waals surface area (Å²) in [7, 11) is 4.37. The number of ether oxygens (including phenoxy) is 3. The molecule has 1 aromatic rings. The first-order valence-electron chi connectivity index (χ1n) is 6.30. The molecule has 7 nitrogen and oxygen atoms in total. The van der Waals surface area contributed by atoms with Crippen LogP contribution in [0, 0.1) is 0 Å². The molecule has 1 aromatic carbocycles. The third-order valence-corrected chi connectivity index (χ3v) is 2.92.